The van der Waals surface area contributed by atoms with Gasteiger partial charge < -0.3 is 20.1 Å². The van der Waals surface area contributed by atoms with E-state index in [4.69, 9.17) is 9.47 Å². The van der Waals surface area contributed by atoms with Gasteiger partial charge in [-0.05, 0) is 36.6 Å². The van der Waals surface area contributed by atoms with E-state index in [1.165, 1.54) is 0 Å². The van der Waals surface area contributed by atoms with Gasteiger partial charge in [-0.3, -0.25) is 10.1 Å². The monoisotopic (exact) mass is 385 g/mol. The van der Waals surface area contributed by atoms with Gasteiger partial charge in [-0.1, -0.05) is 36.4 Å². The minimum atomic E-state index is -0.635. The average molecular weight is 385 g/mol. The van der Waals surface area contributed by atoms with Gasteiger partial charge in [-0.2, -0.15) is 0 Å². The lowest BCUT2D eigenvalue weighted by atomic mass is 10.1. The third-order valence-electron chi connectivity index (χ3n) is 4.18. The molecule has 0 radical (unpaired) electrons. The molecule has 0 heterocycles. The number of benzene rings is 2. The van der Waals surface area contributed by atoms with Crippen molar-refractivity contribution >= 4 is 11.9 Å². The molecule has 3 N–H and O–H groups in total. The third kappa shape index (κ3) is 5.99. The molecule has 0 unspecified atom stereocenters. The van der Waals surface area contributed by atoms with Crippen molar-refractivity contribution in [2.45, 2.75) is 19.4 Å². The van der Waals surface area contributed by atoms with Crippen LogP contribution in [-0.4, -0.2) is 39.2 Å². The number of ether oxygens (including phenoxy) is 2. The predicted octanol–water partition coefficient (Wildman–Crippen LogP) is 2.42. The predicted molar refractivity (Wildman–Crippen MR) is 108 cm³/mol. The number of hydrogen-bond donors (Lipinski definition) is 3. The van der Waals surface area contributed by atoms with Crippen LogP contribution in [0.25, 0.3) is 0 Å². The summed E-state index contributed by atoms with van der Waals surface area (Å²) in [5.74, 6) is 0.931. The smallest absolute Gasteiger partial charge is 0.321 e. The van der Waals surface area contributed by atoms with E-state index >= 15 is 0 Å². The van der Waals surface area contributed by atoms with Gasteiger partial charge in [0.2, 0.25) is 5.91 Å². The van der Waals surface area contributed by atoms with Gasteiger partial charge in [-0.15, -0.1) is 0 Å². The van der Waals surface area contributed by atoms with E-state index in [9.17, 15) is 9.59 Å². The van der Waals surface area contributed by atoms with Crippen LogP contribution in [0.1, 0.15) is 24.1 Å². The van der Waals surface area contributed by atoms with Crippen molar-refractivity contribution in [3.63, 3.8) is 0 Å². The summed E-state index contributed by atoms with van der Waals surface area (Å²) in [6.07, 6.45) is 0.679. The summed E-state index contributed by atoms with van der Waals surface area (Å²) in [6, 6.07) is 13.9. The molecule has 2 aromatic carbocycles. The molecule has 7 heteroatoms. The molecule has 2 aromatic rings. The SMILES string of the molecule is CCNC(=O)NC(=O)[C@H](NCCc1ccc(OC)c(OC)c1)c1ccccc1. The van der Waals surface area contributed by atoms with Crippen LogP contribution >= 0.6 is 0 Å². The fourth-order valence-corrected chi connectivity index (χ4v) is 2.79. The maximum atomic E-state index is 12.6. The molecule has 28 heavy (non-hydrogen) atoms. The Bertz CT molecular complexity index is 780. The molecule has 3 amide bonds. The fraction of sp³-hybridized carbons (Fsp3) is 0.333. The molecular formula is C21H27N3O4. The van der Waals surface area contributed by atoms with E-state index in [2.05, 4.69) is 16.0 Å². The highest BCUT2D eigenvalue weighted by molar-refractivity contribution is 5.97. The lowest BCUT2D eigenvalue weighted by Gasteiger charge is -2.19. The van der Waals surface area contributed by atoms with Gasteiger partial charge >= 0.3 is 6.03 Å². The quantitative estimate of drug-likeness (QED) is 0.617. The van der Waals surface area contributed by atoms with Crippen molar-refractivity contribution in [2.24, 2.45) is 0 Å². The van der Waals surface area contributed by atoms with E-state index < -0.39 is 18.0 Å². The number of carbonyl (C=O) groups excluding carboxylic acids is 2. The number of methoxy groups -OCH3 is 2. The van der Waals surface area contributed by atoms with Crippen LogP contribution in [0.3, 0.4) is 0 Å². The first-order chi connectivity index (χ1) is 13.6. The molecule has 7 nitrogen and oxygen atoms in total. The highest BCUT2D eigenvalue weighted by Gasteiger charge is 2.21. The number of urea groups is 1. The van der Waals surface area contributed by atoms with Crippen molar-refractivity contribution in [1.29, 1.82) is 0 Å². The van der Waals surface area contributed by atoms with Gasteiger partial charge in [0, 0.05) is 13.1 Å². The second-order valence-electron chi connectivity index (χ2n) is 6.09. The summed E-state index contributed by atoms with van der Waals surface area (Å²) >= 11 is 0. The van der Waals surface area contributed by atoms with Crippen molar-refractivity contribution in [2.75, 3.05) is 27.3 Å². The van der Waals surface area contributed by atoms with Crippen LogP contribution in [0.4, 0.5) is 4.79 Å². The first-order valence-corrected chi connectivity index (χ1v) is 9.17. The molecule has 0 bridgehead atoms. The first-order valence-electron chi connectivity index (χ1n) is 9.17. The molecular weight excluding hydrogens is 358 g/mol. The molecule has 0 aliphatic rings. The molecule has 0 aromatic heterocycles. The topological polar surface area (TPSA) is 88.7 Å². The largest absolute Gasteiger partial charge is 0.493 e. The number of carbonyl (C=O) groups is 2. The molecule has 0 saturated heterocycles. The molecule has 0 spiro atoms. The van der Waals surface area contributed by atoms with Crippen LogP contribution in [0.2, 0.25) is 0 Å². The van der Waals surface area contributed by atoms with E-state index in [0.717, 1.165) is 11.1 Å². The zero-order chi connectivity index (χ0) is 20.4. The van der Waals surface area contributed by atoms with E-state index in [-0.39, 0.29) is 0 Å². The molecule has 1 atom stereocenters. The summed E-state index contributed by atoms with van der Waals surface area (Å²) in [5.41, 5.74) is 1.83. The molecule has 2 rings (SSSR count). The Balaban J connectivity index is 2.04. The average Bonchev–Trinajstić information content (AvgIpc) is 2.71. The molecule has 150 valence electrons. The summed E-state index contributed by atoms with van der Waals surface area (Å²) in [5, 5.41) is 8.17. The Morgan fingerprint density at radius 3 is 2.36 bits per heavy atom. The Kier molecular flexibility index (Phi) is 8.30. The highest BCUT2D eigenvalue weighted by atomic mass is 16.5. The summed E-state index contributed by atoms with van der Waals surface area (Å²) < 4.78 is 10.6. The number of nitrogens with one attached hydrogen (secondary N) is 3. The minimum absolute atomic E-state index is 0.399. The molecule has 0 saturated carbocycles. The van der Waals surface area contributed by atoms with Gasteiger partial charge in [0.25, 0.3) is 0 Å². The van der Waals surface area contributed by atoms with E-state index in [1.54, 1.807) is 21.1 Å². The van der Waals surface area contributed by atoms with Gasteiger partial charge in [0.1, 0.15) is 6.04 Å². The molecule has 0 aliphatic carbocycles. The lowest BCUT2D eigenvalue weighted by Crippen LogP contribution is -2.45. The van der Waals surface area contributed by atoms with E-state index in [1.807, 2.05) is 48.5 Å². The van der Waals surface area contributed by atoms with Crippen LogP contribution < -0.4 is 25.4 Å². The summed E-state index contributed by atoms with van der Waals surface area (Å²) in [6.45, 7) is 2.78. The number of hydrogen-bond acceptors (Lipinski definition) is 5. The third-order valence-corrected chi connectivity index (χ3v) is 4.18. The Labute approximate surface area is 165 Å². The maximum Gasteiger partial charge on any atom is 0.321 e. The van der Waals surface area contributed by atoms with Crippen molar-refractivity contribution < 1.29 is 19.1 Å². The zero-order valence-corrected chi connectivity index (χ0v) is 16.5. The summed E-state index contributed by atoms with van der Waals surface area (Å²) in [4.78, 5) is 24.3. The number of amides is 3. The van der Waals surface area contributed by atoms with Crippen molar-refractivity contribution in [3.8, 4) is 11.5 Å². The van der Waals surface area contributed by atoms with Gasteiger partial charge in [0.05, 0.1) is 14.2 Å². The molecule has 0 aliphatic heterocycles. The molecule has 0 fully saturated rings. The van der Waals surface area contributed by atoms with Gasteiger partial charge in [-0.25, -0.2) is 4.79 Å². The van der Waals surface area contributed by atoms with Crippen molar-refractivity contribution in [3.05, 3.63) is 59.7 Å². The van der Waals surface area contributed by atoms with Crippen LogP contribution in [0.15, 0.2) is 48.5 Å². The summed E-state index contributed by atoms with van der Waals surface area (Å²) in [7, 11) is 3.19. The van der Waals surface area contributed by atoms with E-state index in [0.29, 0.717) is 31.0 Å². The van der Waals surface area contributed by atoms with Gasteiger partial charge in [0.15, 0.2) is 11.5 Å². The Morgan fingerprint density at radius 2 is 1.71 bits per heavy atom. The van der Waals surface area contributed by atoms with Crippen LogP contribution in [-0.2, 0) is 11.2 Å². The van der Waals surface area contributed by atoms with Crippen molar-refractivity contribution in [1.82, 2.24) is 16.0 Å². The fourth-order valence-electron chi connectivity index (χ4n) is 2.79. The van der Waals surface area contributed by atoms with Crippen LogP contribution in [0, 0.1) is 0 Å². The lowest BCUT2D eigenvalue weighted by molar-refractivity contribution is -0.122. The maximum absolute atomic E-state index is 12.6. The zero-order valence-electron chi connectivity index (χ0n) is 16.5. The number of imide groups is 1. The highest BCUT2D eigenvalue weighted by Crippen LogP contribution is 2.27. The number of rotatable bonds is 9. The first kappa shape index (κ1) is 21.2. The Morgan fingerprint density at radius 1 is 1.00 bits per heavy atom. The van der Waals surface area contributed by atoms with Crippen LogP contribution in [0.5, 0.6) is 11.5 Å². The minimum Gasteiger partial charge on any atom is -0.493 e. The second kappa shape index (κ2) is 10.9. The standard InChI is InChI=1S/C21H27N3O4/c1-4-22-21(26)24-20(25)19(16-8-6-5-7-9-16)23-13-12-15-10-11-17(27-2)18(14-15)28-3/h5-11,14,19,23H,4,12-13H2,1-3H3,(H2,22,24,25,26)/t19-/m1/s1. The Hall–Kier alpha value is -3.06. The second-order valence-corrected chi connectivity index (χ2v) is 6.09. The normalized spacial score (nSPS) is 11.4.